The number of nitrogens with one attached hydrogen (secondary N) is 2. The van der Waals surface area contributed by atoms with Crippen LogP contribution in [-0.4, -0.2) is 31.0 Å². The van der Waals surface area contributed by atoms with Crippen LogP contribution in [0, 0.1) is 20.8 Å². The first-order chi connectivity index (χ1) is 12.0. The molecule has 26 heavy (non-hydrogen) atoms. The number of hydrogen-bond acceptors (Lipinski definition) is 4. The highest BCUT2D eigenvalue weighted by atomic mass is 127. The Morgan fingerprint density at radius 1 is 1.27 bits per heavy atom. The van der Waals surface area contributed by atoms with Gasteiger partial charge in [0.05, 0.1) is 5.69 Å². The maximum atomic E-state index is 5.26. The molecule has 0 amide bonds. The van der Waals surface area contributed by atoms with Crippen LogP contribution in [0.2, 0.25) is 0 Å². The summed E-state index contributed by atoms with van der Waals surface area (Å²) in [6.07, 6.45) is 2.11. The molecule has 1 unspecified atom stereocenters. The molecule has 0 bridgehead atoms. The summed E-state index contributed by atoms with van der Waals surface area (Å²) in [6.45, 7) is 9.74. The number of benzene rings is 1. The lowest BCUT2D eigenvalue weighted by molar-refractivity contribution is 0.391. The molecule has 0 aliphatic heterocycles. The zero-order valence-electron chi connectivity index (χ0n) is 16.3. The molecule has 1 aromatic carbocycles. The number of nitrogens with zero attached hydrogens (tertiary/aromatic N) is 2. The summed E-state index contributed by atoms with van der Waals surface area (Å²) in [4.78, 5) is 5.62. The van der Waals surface area contributed by atoms with Gasteiger partial charge in [0.25, 0.3) is 0 Å². The maximum absolute atomic E-state index is 5.26. The standard InChI is InChI=1S/C19H28N4OS.HI/c1-12-7-8-16(17(9-12)25-6)11-22-19(20-5)21-10-13(2)18-14(3)23-24-15(18)4;/h7-9,13H,10-11H2,1-6H3,(H2,20,21,22);1H. The molecule has 0 fully saturated rings. The Morgan fingerprint density at radius 3 is 2.58 bits per heavy atom. The van der Waals surface area contributed by atoms with Gasteiger partial charge < -0.3 is 15.2 Å². The smallest absolute Gasteiger partial charge is 0.191 e. The van der Waals surface area contributed by atoms with Crippen LogP contribution < -0.4 is 10.6 Å². The van der Waals surface area contributed by atoms with E-state index in [0.717, 1.165) is 30.5 Å². The summed E-state index contributed by atoms with van der Waals surface area (Å²) in [7, 11) is 1.79. The van der Waals surface area contributed by atoms with E-state index in [0.29, 0.717) is 5.92 Å². The van der Waals surface area contributed by atoms with Gasteiger partial charge in [-0.1, -0.05) is 24.2 Å². The number of guanidine groups is 1. The number of thioether (sulfide) groups is 1. The molecule has 2 rings (SSSR count). The minimum absolute atomic E-state index is 0. The van der Waals surface area contributed by atoms with Crippen molar-refractivity contribution in [2.45, 2.75) is 45.1 Å². The lowest BCUT2D eigenvalue weighted by atomic mass is 10.00. The predicted octanol–water partition coefficient (Wildman–Crippen LogP) is 4.41. The van der Waals surface area contributed by atoms with Crippen molar-refractivity contribution >= 4 is 41.7 Å². The van der Waals surface area contributed by atoms with Crippen LogP contribution in [0.4, 0.5) is 0 Å². The van der Waals surface area contributed by atoms with Gasteiger partial charge in [-0.25, -0.2) is 0 Å². The number of hydrogen-bond donors (Lipinski definition) is 2. The van der Waals surface area contributed by atoms with E-state index in [1.54, 1.807) is 18.8 Å². The summed E-state index contributed by atoms with van der Waals surface area (Å²) >= 11 is 1.77. The van der Waals surface area contributed by atoms with Crippen LogP contribution in [0.25, 0.3) is 0 Å². The molecule has 2 N–H and O–H groups in total. The van der Waals surface area contributed by atoms with Crippen molar-refractivity contribution < 1.29 is 4.52 Å². The highest BCUT2D eigenvalue weighted by molar-refractivity contribution is 14.0. The van der Waals surface area contributed by atoms with Crippen LogP contribution in [0.5, 0.6) is 0 Å². The molecule has 1 aromatic heterocycles. The van der Waals surface area contributed by atoms with Gasteiger partial charge in [-0.3, -0.25) is 4.99 Å². The summed E-state index contributed by atoms with van der Waals surface area (Å²) in [5.41, 5.74) is 4.69. The van der Waals surface area contributed by atoms with Crippen molar-refractivity contribution in [1.82, 2.24) is 15.8 Å². The van der Waals surface area contributed by atoms with Crippen molar-refractivity contribution in [2.75, 3.05) is 19.8 Å². The normalized spacial score (nSPS) is 12.5. The summed E-state index contributed by atoms with van der Waals surface area (Å²) in [5, 5.41) is 10.8. The van der Waals surface area contributed by atoms with Crippen molar-refractivity contribution in [3.05, 3.63) is 46.3 Å². The summed E-state index contributed by atoms with van der Waals surface area (Å²) in [6, 6.07) is 6.54. The SMILES string of the molecule is CN=C(NCc1ccc(C)cc1SC)NCC(C)c1c(C)noc1C.I. The Labute approximate surface area is 177 Å². The van der Waals surface area contributed by atoms with Gasteiger partial charge in [-0.05, 0) is 44.2 Å². The van der Waals surface area contributed by atoms with E-state index in [9.17, 15) is 0 Å². The lowest BCUT2D eigenvalue weighted by Gasteiger charge is -2.17. The number of rotatable bonds is 6. The van der Waals surface area contributed by atoms with E-state index in [1.807, 2.05) is 13.8 Å². The molecule has 0 saturated carbocycles. The molecule has 0 radical (unpaired) electrons. The van der Waals surface area contributed by atoms with Crippen LogP contribution in [-0.2, 0) is 6.54 Å². The number of aryl methyl sites for hydroxylation is 3. The average Bonchev–Trinajstić information content (AvgIpc) is 2.94. The van der Waals surface area contributed by atoms with Gasteiger partial charge in [0.15, 0.2) is 5.96 Å². The Kier molecular flexibility index (Phi) is 9.49. The largest absolute Gasteiger partial charge is 0.361 e. The van der Waals surface area contributed by atoms with Gasteiger partial charge in [0, 0.05) is 36.5 Å². The number of aliphatic imine (C=N–C) groups is 1. The van der Waals surface area contributed by atoms with Crippen molar-refractivity contribution in [1.29, 1.82) is 0 Å². The van der Waals surface area contributed by atoms with Crippen molar-refractivity contribution in [2.24, 2.45) is 4.99 Å². The van der Waals surface area contributed by atoms with Crippen molar-refractivity contribution in [3.8, 4) is 0 Å². The molecule has 1 atom stereocenters. The maximum Gasteiger partial charge on any atom is 0.191 e. The first-order valence-electron chi connectivity index (χ1n) is 8.47. The Morgan fingerprint density at radius 2 is 2.00 bits per heavy atom. The fourth-order valence-corrected chi connectivity index (χ4v) is 3.65. The number of aromatic nitrogens is 1. The number of halogens is 1. The Hall–Kier alpha value is -1.22. The molecule has 0 saturated heterocycles. The Balaban J connectivity index is 0.00000338. The lowest BCUT2D eigenvalue weighted by Crippen LogP contribution is -2.38. The van der Waals surface area contributed by atoms with Crippen LogP contribution in [0.3, 0.4) is 0 Å². The van der Waals surface area contributed by atoms with Crippen LogP contribution in [0.15, 0.2) is 32.6 Å². The molecule has 0 spiro atoms. The van der Waals surface area contributed by atoms with Crippen LogP contribution >= 0.6 is 35.7 Å². The van der Waals surface area contributed by atoms with E-state index in [4.69, 9.17) is 4.52 Å². The second kappa shape index (κ2) is 10.8. The molecule has 0 aliphatic rings. The van der Waals surface area contributed by atoms with Crippen LogP contribution in [0.1, 0.15) is 41.0 Å². The zero-order valence-corrected chi connectivity index (χ0v) is 19.5. The third-order valence-corrected chi connectivity index (χ3v) is 5.09. The van der Waals surface area contributed by atoms with Gasteiger partial charge in [0.1, 0.15) is 5.76 Å². The average molecular weight is 488 g/mol. The third kappa shape index (κ3) is 5.90. The molecular weight excluding hydrogens is 459 g/mol. The molecular formula is C19H29IN4OS. The molecule has 1 heterocycles. The zero-order chi connectivity index (χ0) is 18.4. The quantitative estimate of drug-likeness (QED) is 0.273. The minimum Gasteiger partial charge on any atom is -0.361 e. The van der Waals surface area contributed by atoms with E-state index in [2.05, 4.69) is 59.1 Å². The first-order valence-corrected chi connectivity index (χ1v) is 9.69. The monoisotopic (exact) mass is 488 g/mol. The van der Waals surface area contributed by atoms with E-state index in [-0.39, 0.29) is 24.0 Å². The second-order valence-electron chi connectivity index (χ2n) is 6.26. The van der Waals surface area contributed by atoms with Gasteiger partial charge in [0.2, 0.25) is 0 Å². The fraction of sp³-hybridized carbons (Fsp3) is 0.474. The van der Waals surface area contributed by atoms with Crippen molar-refractivity contribution in [3.63, 3.8) is 0 Å². The van der Waals surface area contributed by atoms with E-state index < -0.39 is 0 Å². The highest BCUT2D eigenvalue weighted by Crippen LogP contribution is 2.23. The summed E-state index contributed by atoms with van der Waals surface area (Å²) < 4.78 is 5.26. The van der Waals surface area contributed by atoms with E-state index >= 15 is 0 Å². The topological polar surface area (TPSA) is 62.5 Å². The molecule has 0 aliphatic carbocycles. The summed E-state index contributed by atoms with van der Waals surface area (Å²) in [5.74, 6) is 1.98. The van der Waals surface area contributed by atoms with E-state index in [1.165, 1.54) is 21.6 Å². The fourth-order valence-electron chi connectivity index (χ4n) is 2.94. The highest BCUT2D eigenvalue weighted by Gasteiger charge is 2.16. The van der Waals surface area contributed by atoms with Gasteiger partial charge >= 0.3 is 0 Å². The first kappa shape index (κ1) is 22.8. The molecule has 7 heteroatoms. The third-order valence-electron chi connectivity index (χ3n) is 4.27. The van der Waals surface area contributed by atoms with Gasteiger partial charge in [-0.2, -0.15) is 0 Å². The Bertz CT molecular complexity index is 726. The molecule has 5 nitrogen and oxygen atoms in total. The van der Waals surface area contributed by atoms with Gasteiger partial charge in [-0.15, -0.1) is 35.7 Å². The minimum atomic E-state index is 0. The second-order valence-corrected chi connectivity index (χ2v) is 7.11. The predicted molar refractivity (Wildman–Crippen MR) is 121 cm³/mol. The molecule has 144 valence electrons. The molecule has 2 aromatic rings.